The summed E-state index contributed by atoms with van der Waals surface area (Å²) in [5.41, 5.74) is 8.47. The van der Waals surface area contributed by atoms with Crippen LogP contribution in [0, 0.1) is 0 Å². The van der Waals surface area contributed by atoms with Crippen molar-refractivity contribution in [1.29, 1.82) is 0 Å². The van der Waals surface area contributed by atoms with E-state index in [9.17, 15) is 4.79 Å². The average molecular weight is 512 g/mol. The van der Waals surface area contributed by atoms with Crippen LogP contribution in [0.25, 0.3) is 16.5 Å². The number of nitrogens with one attached hydrogen (secondary N) is 1. The van der Waals surface area contributed by atoms with Crippen LogP contribution in [0.5, 0.6) is 0 Å². The van der Waals surface area contributed by atoms with Gasteiger partial charge in [0.1, 0.15) is 0 Å². The molecule has 3 rings (SSSR count). The minimum Gasteiger partial charge on any atom is -1.00 e. The third kappa shape index (κ3) is 10.7. The Balaban J connectivity index is -0.000000368. The van der Waals surface area contributed by atoms with E-state index < -0.39 is 5.91 Å². The third-order valence-corrected chi connectivity index (χ3v) is 3.53. The average Bonchev–Trinajstić information content (AvgIpc) is 3.04. The summed E-state index contributed by atoms with van der Waals surface area (Å²) in [6, 6.07) is 22.0. The van der Waals surface area contributed by atoms with Gasteiger partial charge in [-0.25, -0.2) is 0 Å². The summed E-state index contributed by atoms with van der Waals surface area (Å²) in [6.07, 6.45) is 0. The quantitative estimate of drug-likeness (QED) is 0.347. The molecule has 0 aliphatic carbocycles. The number of fused-ring (bicyclic) bond motifs is 1. The first-order valence-corrected chi connectivity index (χ1v) is 10.4. The zero-order chi connectivity index (χ0) is 18.9. The van der Waals surface area contributed by atoms with E-state index in [0.717, 1.165) is 15.1 Å². The van der Waals surface area contributed by atoms with Gasteiger partial charge in [0, 0.05) is 15.1 Å². The zero-order valence-electron chi connectivity index (χ0n) is 17.0. The first-order chi connectivity index (χ1) is 11.8. The molecule has 28 heavy (non-hydrogen) atoms. The van der Waals surface area contributed by atoms with E-state index in [1.165, 1.54) is 10.8 Å². The molecular weight excluding hydrogens is 484 g/mol. The van der Waals surface area contributed by atoms with E-state index in [4.69, 9.17) is 5.73 Å². The number of amides is 1. The summed E-state index contributed by atoms with van der Waals surface area (Å²) < 4.78 is 0. The van der Waals surface area contributed by atoms with Crippen molar-refractivity contribution in [3.05, 3.63) is 83.6 Å². The van der Waals surface area contributed by atoms with Crippen molar-refractivity contribution in [1.82, 2.24) is 0 Å². The van der Waals surface area contributed by atoms with Crippen LogP contribution < -0.4 is 24.8 Å². The van der Waals surface area contributed by atoms with Gasteiger partial charge >= 0.3 is 26.2 Å². The fourth-order valence-corrected chi connectivity index (χ4v) is 2.41. The third-order valence-electron chi connectivity index (χ3n) is 3.53. The largest absolute Gasteiger partial charge is 4.00 e. The predicted molar refractivity (Wildman–Crippen MR) is 111 cm³/mol. The van der Waals surface area contributed by atoms with Crippen molar-refractivity contribution in [3.8, 4) is 0 Å². The second kappa shape index (κ2) is 16.0. The monoisotopic (exact) mass is 509 g/mol. The molecule has 0 atom stereocenters. The number of benzene rings is 2. The number of carbonyl (C=O) groups is 1. The molecule has 3 aromatic rings. The number of rotatable bonds is 1. The van der Waals surface area contributed by atoms with Crippen molar-refractivity contribution in [2.24, 2.45) is 0 Å². The van der Waals surface area contributed by atoms with Crippen LogP contribution in [-0.2, 0) is 31.6 Å². The van der Waals surface area contributed by atoms with Crippen molar-refractivity contribution >= 4 is 26.2 Å². The minimum absolute atomic E-state index is 0. The van der Waals surface area contributed by atoms with Gasteiger partial charge in [-0.05, 0) is 11.0 Å². The molecule has 0 fully saturated rings. The normalized spacial score (nSPS) is 9.18. The molecule has 0 aromatic heterocycles. The Labute approximate surface area is 203 Å². The molecule has 6 heteroatoms. The van der Waals surface area contributed by atoms with Gasteiger partial charge in [0.25, 0.3) is 0 Å². The molecule has 0 unspecified atom stereocenters. The topological polar surface area (TPSA) is 40.9 Å². The maximum absolute atomic E-state index is 11.0. The second-order valence-electron chi connectivity index (χ2n) is 6.78. The Morgan fingerprint density at radius 1 is 0.929 bits per heavy atom. The Hall–Kier alpha value is -0.800. The minimum atomic E-state index is -0.606. The molecule has 0 saturated heterocycles. The van der Waals surface area contributed by atoms with Gasteiger partial charge in [-0.3, -0.25) is 0 Å². The van der Waals surface area contributed by atoms with E-state index in [0.29, 0.717) is 5.56 Å². The van der Waals surface area contributed by atoms with E-state index >= 15 is 0 Å². The van der Waals surface area contributed by atoms with Crippen LogP contribution in [0.15, 0.2) is 66.7 Å². The van der Waals surface area contributed by atoms with Crippen LogP contribution in [-0.4, -0.2) is 15.4 Å². The molecule has 0 saturated carbocycles. The predicted octanol–water partition coefficient (Wildman–Crippen LogP) is 0.528. The Morgan fingerprint density at radius 2 is 1.43 bits per heavy atom. The molecule has 0 aliphatic rings. The van der Waals surface area contributed by atoms with Gasteiger partial charge in [-0.2, -0.15) is 17.5 Å². The maximum Gasteiger partial charge on any atom is 4.00 e. The summed E-state index contributed by atoms with van der Waals surface area (Å²) in [5.74, 6) is -0.606. The van der Waals surface area contributed by atoms with Crippen LogP contribution in [0.2, 0.25) is 13.1 Å². The van der Waals surface area contributed by atoms with Gasteiger partial charge in [0.05, 0.1) is 5.91 Å². The molecule has 2 nitrogen and oxygen atoms in total. The van der Waals surface area contributed by atoms with E-state index in [-0.39, 0.29) is 56.4 Å². The molecule has 2 radical (unpaired) electrons. The summed E-state index contributed by atoms with van der Waals surface area (Å²) in [5, 5.41) is 2.66. The maximum atomic E-state index is 11.0. The number of hydrogen-bond donors (Lipinski definition) is 0. The van der Waals surface area contributed by atoms with Gasteiger partial charge < -0.3 is 35.3 Å². The van der Waals surface area contributed by atoms with Crippen LogP contribution >= 0.6 is 0 Å². The Morgan fingerprint density at radius 3 is 1.89 bits per heavy atom. The molecule has 1 N–H and O–H groups in total. The standard InChI is InChI=1S/C11H15NO.C9H7.C2H6Si.2ClH.Zr/c1-11(2,3)9-7-5-4-6-8(9)10(12)13;1-2-5-9-7-3-6-8(9)4-1;1-3-2;;;/h4-7H,1-3H3,(H2,12,13);1-7H;1-2H3;2*1H;/q;-1;;;;+4/p-3. The molecule has 1 amide bonds. The first-order valence-electron chi connectivity index (χ1n) is 8.35. The van der Waals surface area contributed by atoms with Crippen LogP contribution in [0.4, 0.5) is 0 Å². The van der Waals surface area contributed by atoms with E-state index in [1.54, 1.807) is 12.1 Å². The SMILES string of the molecule is CC(C)(C)c1ccccc1C([NH-])=O.C[Si]C.[Cl-].[Cl-].[Zr+4].c1ccc2[cH-]ccc2c1. The first kappa shape index (κ1) is 31.9. The smallest absolute Gasteiger partial charge is 1.00 e. The molecule has 0 heterocycles. The number of hydrogen-bond acceptors (Lipinski definition) is 1. The number of carbonyl (C=O) groups excluding carboxylic acids is 1. The summed E-state index contributed by atoms with van der Waals surface area (Å²) in [6.45, 7) is 10.4. The fourth-order valence-electron chi connectivity index (χ4n) is 2.41. The van der Waals surface area contributed by atoms with Crippen molar-refractivity contribution < 1.29 is 55.8 Å². The Bertz CT molecular complexity index is 770. The second-order valence-corrected chi connectivity index (χ2v) is 7.78. The van der Waals surface area contributed by atoms with Gasteiger partial charge in [0.15, 0.2) is 0 Å². The van der Waals surface area contributed by atoms with Crippen LogP contribution in [0.1, 0.15) is 36.7 Å². The van der Waals surface area contributed by atoms with Gasteiger partial charge in [-0.1, -0.05) is 64.2 Å². The molecule has 3 aromatic carbocycles. The summed E-state index contributed by atoms with van der Waals surface area (Å²) in [7, 11) is 1.08. The van der Waals surface area contributed by atoms with Crippen molar-refractivity contribution in [3.63, 3.8) is 0 Å². The molecule has 148 valence electrons. The number of halogens is 2. The van der Waals surface area contributed by atoms with Crippen LogP contribution in [0.3, 0.4) is 0 Å². The Kier molecular flexibility index (Phi) is 18.3. The zero-order valence-corrected chi connectivity index (χ0v) is 22.0. The van der Waals surface area contributed by atoms with E-state index in [1.807, 2.05) is 32.9 Å². The van der Waals surface area contributed by atoms with Crippen molar-refractivity contribution in [2.45, 2.75) is 39.3 Å². The fraction of sp³-hybridized carbons (Fsp3) is 0.273. The summed E-state index contributed by atoms with van der Waals surface area (Å²) in [4.78, 5) is 11.0. The molecule has 0 bridgehead atoms. The van der Waals surface area contributed by atoms with Gasteiger partial charge in [-0.15, -0.1) is 29.7 Å². The summed E-state index contributed by atoms with van der Waals surface area (Å²) >= 11 is 0. The van der Waals surface area contributed by atoms with Gasteiger partial charge in [0.2, 0.25) is 0 Å². The van der Waals surface area contributed by atoms with Crippen molar-refractivity contribution in [2.75, 3.05) is 0 Å². The molecule has 0 aliphatic heterocycles. The molecular formula is C22H27Cl2NOSiZr. The van der Waals surface area contributed by atoms with E-state index in [2.05, 4.69) is 55.6 Å². The molecule has 0 spiro atoms.